The number of aromatic nitrogens is 5. The van der Waals surface area contributed by atoms with E-state index in [1.807, 2.05) is 116 Å². The second-order valence-corrected chi connectivity index (χ2v) is 14.0. The van der Waals surface area contributed by atoms with Crippen molar-refractivity contribution in [3.05, 3.63) is 193 Å². The lowest BCUT2D eigenvalue weighted by Gasteiger charge is -2.43. The monoisotopic (exact) mass is 714 g/mol. The van der Waals surface area contributed by atoms with Crippen molar-refractivity contribution in [2.45, 2.75) is 26.2 Å². The number of anilines is 9. The Balaban J connectivity index is 1.26. The molecule has 5 aromatic heterocycles. The van der Waals surface area contributed by atoms with E-state index < -0.39 is 5.41 Å². The van der Waals surface area contributed by atoms with Gasteiger partial charge in [0.25, 0.3) is 0 Å². The molecule has 0 N–H and O–H groups in total. The fraction of sp³-hybridized carbons (Fsp3) is 0.0851. The van der Waals surface area contributed by atoms with E-state index >= 15 is 0 Å². The fourth-order valence-corrected chi connectivity index (χ4v) is 7.52. The van der Waals surface area contributed by atoms with Gasteiger partial charge in [-0.05, 0) is 115 Å². The zero-order valence-corrected chi connectivity index (χ0v) is 30.8. The summed E-state index contributed by atoms with van der Waals surface area (Å²) < 4.78 is 0. The van der Waals surface area contributed by atoms with Crippen molar-refractivity contribution < 1.29 is 0 Å². The summed E-state index contributed by atoms with van der Waals surface area (Å²) in [5.74, 6) is 3.14. The number of fused-ring (bicyclic) bond motifs is 2. The highest BCUT2D eigenvalue weighted by Crippen LogP contribution is 2.55. The first kappa shape index (κ1) is 33.6. The van der Waals surface area contributed by atoms with E-state index in [2.05, 4.69) is 96.1 Å². The zero-order chi connectivity index (χ0) is 37.4. The molecule has 1 aliphatic rings. The fourth-order valence-electron chi connectivity index (χ4n) is 7.52. The largest absolute Gasteiger partial charge is 0.308 e. The van der Waals surface area contributed by atoms with Crippen molar-refractivity contribution in [1.82, 2.24) is 24.9 Å². The molecule has 55 heavy (non-hydrogen) atoms. The van der Waals surface area contributed by atoms with Crippen LogP contribution in [-0.2, 0) is 5.41 Å². The van der Waals surface area contributed by atoms with Gasteiger partial charge in [0.05, 0.1) is 28.5 Å². The first-order valence-corrected chi connectivity index (χ1v) is 18.3. The van der Waals surface area contributed by atoms with Gasteiger partial charge >= 0.3 is 0 Å². The summed E-state index contributed by atoms with van der Waals surface area (Å²) in [5, 5.41) is 0. The van der Waals surface area contributed by atoms with Gasteiger partial charge in [-0.25, -0.2) is 19.9 Å². The van der Waals surface area contributed by atoms with E-state index in [9.17, 15) is 0 Å². The average Bonchev–Trinajstić information content (AvgIpc) is 3.24. The summed E-state index contributed by atoms with van der Waals surface area (Å²) in [6.07, 6.45) is 7.27. The summed E-state index contributed by atoms with van der Waals surface area (Å²) in [7, 11) is 0. The summed E-state index contributed by atoms with van der Waals surface area (Å²) >= 11 is 0. The van der Waals surface area contributed by atoms with Gasteiger partial charge in [-0.2, -0.15) is 0 Å². The minimum Gasteiger partial charge on any atom is -0.308 e. The van der Waals surface area contributed by atoms with Crippen molar-refractivity contribution in [1.29, 1.82) is 0 Å². The SMILES string of the molecule is Cc1nc(-c2ccccc2)ccc1N1c2ccc(N(c3ccccn3)c3ccccn3)cc2C(C)(C)c2cc(N(c3ccccn3)c3ccccn3)ccc21. The molecular weight excluding hydrogens is 677 g/mol. The molecule has 8 aromatic rings. The highest BCUT2D eigenvalue weighted by molar-refractivity contribution is 5.90. The van der Waals surface area contributed by atoms with Crippen molar-refractivity contribution in [2.75, 3.05) is 14.7 Å². The Morgan fingerprint density at radius 3 is 1.27 bits per heavy atom. The van der Waals surface area contributed by atoms with Crippen LogP contribution >= 0.6 is 0 Å². The number of hydrogen-bond acceptors (Lipinski definition) is 8. The Labute approximate surface area is 321 Å². The maximum Gasteiger partial charge on any atom is 0.138 e. The van der Waals surface area contributed by atoms with Crippen LogP contribution in [-0.4, -0.2) is 24.9 Å². The number of hydrogen-bond donors (Lipinski definition) is 0. The lowest BCUT2D eigenvalue weighted by molar-refractivity contribution is 0.631. The van der Waals surface area contributed by atoms with Gasteiger partial charge in [0.1, 0.15) is 23.3 Å². The molecule has 0 atom stereocenters. The molecule has 1 aliphatic heterocycles. The topological polar surface area (TPSA) is 74.2 Å². The van der Waals surface area contributed by atoms with Gasteiger partial charge in [-0.1, -0.05) is 68.4 Å². The minimum atomic E-state index is -0.446. The van der Waals surface area contributed by atoms with Gasteiger partial charge in [0.15, 0.2) is 0 Å². The number of nitrogens with zero attached hydrogens (tertiary/aromatic N) is 8. The van der Waals surface area contributed by atoms with Gasteiger partial charge in [-0.3, -0.25) is 14.8 Å². The van der Waals surface area contributed by atoms with Crippen molar-refractivity contribution in [3.63, 3.8) is 0 Å². The summed E-state index contributed by atoms with van der Waals surface area (Å²) in [6.45, 7) is 6.70. The second kappa shape index (κ2) is 14.0. The lowest BCUT2D eigenvalue weighted by atomic mass is 9.73. The third-order valence-electron chi connectivity index (χ3n) is 10.2. The standard InChI is InChI=1S/C47H38N8/c1-33-40(26-23-39(52-33)34-15-5-4-6-16-34)55-41-24-21-35(53(43-17-7-11-27-48-43)44-18-8-12-28-49-44)31-37(41)47(2,3)38-32-36(22-25-42(38)55)54(45-19-9-13-29-50-45)46-20-10-14-30-51-46/h4-32H,1-3H3. The van der Waals surface area contributed by atoms with E-state index in [0.29, 0.717) is 0 Å². The van der Waals surface area contributed by atoms with Crippen LogP contribution in [0.2, 0.25) is 0 Å². The maximum absolute atomic E-state index is 5.16. The number of aryl methyl sites for hydroxylation is 1. The van der Waals surface area contributed by atoms with Crippen LogP contribution in [0.25, 0.3) is 11.3 Å². The average molecular weight is 715 g/mol. The van der Waals surface area contributed by atoms with E-state index in [0.717, 1.165) is 79.8 Å². The zero-order valence-electron chi connectivity index (χ0n) is 30.8. The molecule has 0 amide bonds. The van der Waals surface area contributed by atoms with E-state index in [-0.39, 0.29) is 0 Å². The third kappa shape index (κ3) is 6.13. The molecule has 6 heterocycles. The summed E-state index contributed by atoms with van der Waals surface area (Å²) in [4.78, 5) is 30.8. The Bertz CT molecular complexity index is 2370. The molecule has 266 valence electrons. The lowest BCUT2D eigenvalue weighted by Crippen LogP contribution is -2.31. The van der Waals surface area contributed by atoms with Gasteiger partial charge in [-0.15, -0.1) is 0 Å². The molecular formula is C47H38N8. The van der Waals surface area contributed by atoms with Crippen LogP contribution in [0, 0.1) is 6.92 Å². The van der Waals surface area contributed by atoms with E-state index in [4.69, 9.17) is 24.9 Å². The molecule has 0 radical (unpaired) electrons. The number of rotatable bonds is 8. The predicted molar refractivity (Wildman–Crippen MR) is 222 cm³/mol. The van der Waals surface area contributed by atoms with Crippen LogP contribution < -0.4 is 14.7 Å². The quantitative estimate of drug-likeness (QED) is 0.154. The highest BCUT2D eigenvalue weighted by atomic mass is 15.3. The smallest absolute Gasteiger partial charge is 0.138 e. The van der Waals surface area contributed by atoms with E-state index in [1.165, 1.54) is 0 Å². The highest BCUT2D eigenvalue weighted by Gasteiger charge is 2.39. The minimum absolute atomic E-state index is 0.446. The molecule has 0 fully saturated rings. The van der Waals surface area contributed by atoms with Crippen LogP contribution in [0.4, 0.5) is 51.7 Å². The molecule has 0 aliphatic carbocycles. The molecule has 0 bridgehead atoms. The molecule has 8 heteroatoms. The first-order valence-electron chi connectivity index (χ1n) is 18.3. The summed E-state index contributed by atoms with van der Waals surface area (Å²) in [6, 6.07) is 51.8. The first-order chi connectivity index (χ1) is 27.0. The van der Waals surface area contributed by atoms with Crippen LogP contribution in [0.5, 0.6) is 0 Å². The van der Waals surface area contributed by atoms with Gasteiger partial charge in [0.2, 0.25) is 0 Å². The Morgan fingerprint density at radius 1 is 0.455 bits per heavy atom. The summed E-state index contributed by atoms with van der Waals surface area (Å²) in [5.41, 5.74) is 9.91. The molecule has 0 saturated carbocycles. The molecule has 0 saturated heterocycles. The van der Waals surface area contributed by atoms with Crippen LogP contribution in [0.15, 0.2) is 176 Å². The molecule has 0 spiro atoms. The predicted octanol–water partition coefficient (Wildman–Crippen LogP) is 11.7. The molecule has 3 aromatic carbocycles. The van der Waals surface area contributed by atoms with Crippen molar-refractivity contribution in [3.8, 4) is 11.3 Å². The number of pyridine rings is 5. The molecule has 0 unspecified atom stereocenters. The molecule has 8 nitrogen and oxygen atoms in total. The van der Waals surface area contributed by atoms with Crippen LogP contribution in [0.1, 0.15) is 30.7 Å². The Morgan fingerprint density at radius 2 is 0.873 bits per heavy atom. The normalized spacial score (nSPS) is 12.7. The Kier molecular flexibility index (Phi) is 8.55. The van der Waals surface area contributed by atoms with Gasteiger partial charge < -0.3 is 4.90 Å². The second-order valence-electron chi connectivity index (χ2n) is 14.0. The van der Waals surface area contributed by atoms with Crippen molar-refractivity contribution in [2.24, 2.45) is 0 Å². The molecule has 9 rings (SSSR count). The third-order valence-corrected chi connectivity index (χ3v) is 10.2. The maximum atomic E-state index is 5.16. The number of benzene rings is 3. The van der Waals surface area contributed by atoms with Gasteiger partial charge in [0, 0.05) is 47.1 Å². The van der Waals surface area contributed by atoms with E-state index in [1.54, 1.807) is 0 Å². The Hall–Kier alpha value is -7.19. The van der Waals surface area contributed by atoms with Crippen molar-refractivity contribution >= 4 is 51.7 Å². The van der Waals surface area contributed by atoms with Crippen LogP contribution in [0.3, 0.4) is 0 Å².